The van der Waals surface area contributed by atoms with Gasteiger partial charge >= 0.3 is 5.97 Å². The van der Waals surface area contributed by atoms with E-state index in [1.165, 1.54) is 0 Å². The molecule has 104 valence electrons. The van der Waals surface area contributed by atoms with E-state index in [0.717, 1.165) is 36.1 Å². The van der Waals surface area contributed by atoms with Crippen molar-refractivity contribution in [3.05, 3.63) is 30.5 Å². The quantitative estimate of drug-likeness (QED) is 0.897. The number of nitrogens with one attached hydrogen (secondary N) is 1. The van der Waals surface area contributed by atoms with Gasteiger partial charge in [-0.1, -0.05) is 18.6 Å². The Labute approximate surface area is 117 Å². The Kier molecular flexibility index (Phi) is 3.50. The van der Waals surface area contributed by atoms with Crippen molar-refractivity contribution in [1.29, 1.82) is 0 Å². The van der Waals surface area contributed by atoms with Gasteiger partial charge < -0.3 is 10.4 Å². The predicted molar refractivity (Wildman–Crippen MR) is 76.5 cm³/mol. The molecule has 0 spiro atoms. The average molecular weight is 271 g/mol. The molecule has 1 fully saturated rings. The van der Waals surface area contributed by atoms with E-state index in [2.05, 4.69) is 15.3 Å². The highest BCUT2D eigenvalue weighted by Crippen LogP contribution is 2.26. The second-order valence-electron chi connectivity index (χ2n) is 5.29. The predicted octanol–water partition coefficient (Wildman–Crippen LogP) is 2.69. The van der Waals surface area contributed by atoms with Crippen LogP contribution in [0.2, 0.25) is 0 Å². The lowest BCUT2D eigenvalue weighted by atomic mass is 9.86. The molecule has 20 heavy (non-hydrogen) atoms. The van der Waals surface area contributed by atoms with Crippen LogP contribution in [-0.2, 0) is 4.79 Å². The lowest BCUT2D eigenvalue weighted by Gasteiger charge is -2.27. The van der Waals surface area contributed by atoms with Crippen LogP contribution in [0.4, 0.5) is 5.82 Å². The first-order valence-corrected chi connectivity index (χ1v) is 6.93. The highest BCUT2D eigenvalue weighted by molar-refractivity contribution is 5.75. The smallest absolute Gasteiger partial charge is 0.306 e. The first-order valence-electron chi connectivity index (χ1n) is 6.93. The first-order chi connectivity index (χ1) is 9.72. The Morgan fingerprint density at radius 1 is 1.25 bits per heavy atom. The Hall–Kier alpha value is -2.17. The van der Waals surface area contributed by atoms with Crippen LogP contribution in [0, 0.1) is 5.92 Å². The molecule has 0 aliphatic heterocycles. The number of fused-ring (bicyclic) bond motifs is 1. The van der Waals surface area contributed by atoms with Crippen LogP contribution in [-0.4, -0.2) is 27.1 Å². The second kappa shape index (κ2) is 5.45. The lowest BCUT2D eigenvalue weighted by molar-refractivity contribution is -0.142. The van der Waals surface area contributed by atoms with Gasteiger partial charge in [-0.25, -0.2) is 4.98 Å². The molecule has 5 heteroatoms. The second-order valence-corrected chi connectivity index (χ2v) is 5.29. The van der Waals surface area contributed by atoms with E-state index in [1.807, 2.05) is 24.3 Å². The fourth-order valence-corrected chi connectivity index (χ4v) is 2.78. The molecule has 0 bridgehead atoms. The molecule has 0 saturated heterocycles. The minimum atomic E-state index is -0.693. The van der Waals surface area contributed by atoms with E-state index in [4.69, 9.17) is 5.11 Å². The topological polar surface area (TPSA) is 75.1 Å². The molecule has 2 unspecified atom stereocenters. The lowest BCUT2D eigenvalue weighted by Crippen LogP contribution is -2.31. The maximum Gasteiger partial charge on any atom is 0.306 e. The number of benzene rings is 1. The number of carbonyl (C=O) groups is 1. The minimum Gasteiger partial charge on any atom is -0.481 e. The number of rotatable bonds is 3. The number of para-hydroxylation sites is 2. The summed E-state index contributed by atoms with van der Waals surface area (Å²) in [5.41, 5.74) is 1.72. The van der Waals surface area contributed by atoms with E-state index < -0.39 is 5.97 Å². The monoisotopic (exact) mass is 271 g/mol. The standard InChI is InChI=1S/C15H17N3O2/c19-15(20)10-4-3-5-11(8-10)17-14-9-16-12-6-1-2-7-13(12)18-14/h1-2,6-7,9-11H,3-5,8H2,(H,17,18)(H,19,20). The molecule has 0 amide bonds. The summed E-state index contributed by atoms with van der Waals surface area (Å²) in [6, 6.07) is 7.88. The molecule has 1 aliphatic carbocycles. The van der Waals surface area contributed by atoms with Crippen molar-refractivity contribution in [1.82, 2.24) is 9.97 Å². The van der Waals surface area contributed by atoms with Gasteiger partial charge in [0.1, 0.15) is 5.82 Å². The van der Waals surface area contributed by atoms with E-state index >= 15 is 0 Å². The summed E-state index contributed by atoms with van der Waals surface area (Å²) in [7, 11) is 0. The number of aromatic nitrogens is 2. The van der Waals surface area contributed by atoms with Crippen molar-refractivity contribution >= 4 is 22.8 Å². The van der Waals surface area contributed by atoms with Crippen LogP contribution in [0.25, 0.3) is 11.0 Å². The van der Waals surface area contributed by atoms with Crippen molar-refractivity contribution < 1.29 is 9.90 Å². The molecule has 2 atom stereocenters. The van der Waals surface area contributed by atoms with Gasteiger partial charge in [-0.05, 0) is 31.4 Å². The normalized spacial score (nSPS) is 22.6. The number of carboxylic acids is 1. The van der Waals surface area contributed by atoms with Crippen molar-refractivity contribution in [3.8, 4) is 0 Å². The highest BCUT2D eigenvalue weighted by Gasteiger charge is 2.27. The Bertz CT molecular complexity index is 629. The number of nitrogens with zero attached hydrogens (tertiary/aromatic N) is 2. The van der Waals surface area contributed by atoms with Crippen LogP contribution in [0.5, 0.6) is 0 Å². The number of anilines is 1. The first kappa shape index (κ1) is 12.8. The third-order valence-corrected chi connectivity index (χ3v) is 3.82. The molecule has 1 heterocycles. The maximum absolute atomic E-state index is 11.1. The summed E-state index contributed by atoms with van der Waals surface area (Å²) in [5, 5.41) is 12.4. The van der Waals surface area contributed by atoms with Gasteiger partial charge in [0.15, 0.2) is 0 Å². The third-order valence-electron chi connectivity index (χ3n) is 3.82. The fraction of sp³-hybridized carbons (Fsp3) is 0.400. The number of hydrogen-bond donors (Lipinski definition) is 2. The van der Waals surface area contributed by atoms with Gasteiger partial charge in [-0.3, -0.25) is 9.78 Å². The molecule has 2 N–H and O–H groups in total. The van der Waals surface area contributed by atoms with Crippen molar-refractivity contribution in [3.63, 3.8) is 0 Å². The Morgan fingerprint density at radius 3 is 2.85 bits per heavy atom. The molecule has 1 aromatic carbocycles. The molecule has 5 nitrogen and oxygen atoms in total. The summed E-state index contributed by atoms with van der Waals surface area (Å²) >= 11 is 0. The van der Waals surface area contributed by atoms with Crippen LogP contribution >= 0.6 is 0 Å². The van der Waals surface area contributed by atoms with Crippen LogP contribution in [0.3, 0.4) is 0 Å². The molecular formula is C15H17N3O2. The third kappa shape index (κ3) is 2.71. The molecule has 3 rings (SSSR count). The van der Waals surface area contributed by atoms with E-state index in [9.17, 15) is 4.79 Å². The molecule has 2 aromatic rings. The summed E-state index contributed by atoms with van der Waals surface area (Å²) < 4.78 is 0. The van der Waals surface area contributed by atoms with E-state index in [0.29, 0.717) is 6.42 Å². The van der Waals surface area contributed by atoms with E-state index in [1.54, 1.807) is 6.20 Å². The summed E-state index contributed by atoms with van der Waals surface area (Å²) in [6.45, 7) is 0. The largest absolute Gasteiger partial charge is 0.481 e. The van der Waals surface area contributed by atoms with Crippen LogP contribution < -0.4 is 5.32 Å². The number of carboxylic acid groups (broad SMARTS) is 1. The minimum absolute atomic E-state index is 0.167. The molecular weight excluding hydrogens is 254 g/mol. The maximum atomic E-state index is 11.1. The van der Waals surface area contributed by atoms with Crippen molar-refractivity contribution in [2.24, 2.45) is 5.92 Å². The SMILES string of the molecule is O=C(O)C1CCCC(Nc2cnc3ccccc3n2)C1. The zero-order valence-electron chi connectivity index (χ0n) is 11.1. The van der Waals surface area contributed by atoms with E-state index in [-0.39, 0.29) is 12.0 Å². The van der Waals surface area contributed by atoms with Crippen molar-refractivity contribution in [2.75, 3.05) is 5.32 Å². The number of aliphatic carboxylic acids is 1. The van der Waals surface area contributed by atoms with Crippen LogP contribution in [0.15, 0.2) is 30.5 Å². The molecule has 0 radical (unpaired) electrons. The zero-order chi connectivity index (χ0) is 13.9. The highest BCUT2D eigenvalue weighted by atomic mass is 16.4. The van der Waals surface area contributed by atoms with Gasteiger partial charge in [0, 0.05) is 6.04 Å². The van der Waals surface area contributed by atoms with Crippen molar-refractivity contribution in [2.45, 2.75) is 31.7 Å². The van der Waals surface area contributed by atoms with Crippen LogP contribution in [0.1, 0.15) is 25.7 Å². The Balaban J connectivity index is 1.74. The van der Waals surface area contributed by atoms with Gasteiger partial charge in [0.2, 0.25) is 0 Å². The molecule has 1 aromatic heterocycles. The van der Waals surface area contributed by atoms with Gasteiger partial charge in [0.25, 0.3) is 0 Å². The number of hydrogen-bond acceptors (Lipinski definition) is 4. The summed E-state index contributed by atoms with van der Waals surface area (Å²) in [4.78, 5) is 19.9. The zero-order valence-corrected chi connectivity index (χ0v) is 11.1. The van der Waals surface area contributed by atoms with Gasteiger partial charge in [-0.2, -0.15) is 0 Å². The van der Waals surface area contributed by atoms with Gasteiger partial charge in [0.05, 0.1) is 23.1 Å². The molecule has 1 aliphatic rings. The average Bonchev–Trinajstić information content (AvgIpc) is 2.47. The molecule has 1 saturated carbocycles. The summed E-state index contributed by atoms with van der Waals surface area (Å²) in [6.07, 6.45) is 5.07. The fourth-order valence-electron chi connectivity index (χ4n) is 2.78. The van der Waals surface area contributed by atoms with Gasteiger partial charge in [-0.15, -0.1) is 0 Å². The summed E-state index contributed by atoms with van der Waals surface area (Å²) in [5.74, 6) is -0.212. The Morgan fingerprint density at radius 2 is 2.05 bits per heavy atom.